The van der Waals surface area contributed by atoms with Crippen LogP contribution in [0.25, 0.3) is 11.5 Å². The van der Waals surface area contributed by atoms with E-state index in [4.69, 9.17) is 4.42 Å². The van der Waals surface area contributed by atoms with Gasteiger partial charge >= 0.3 is 6.18 Å². The van der Waals surface area contributed by atoms with Crippen molar-refractivity contribution in [3.05, 3.63) is 41.3 Å². The van der Waals surface area contributed by atoms with E-state index in [0.717, 1.165) is 42.6 Å². The van der Waals surface area contributed by atoms with Gasteiger partial charge in [-0.25, -0.2) is 4.98 Å². The van der Waals surface area contributed by atoms with Gasteiger partial charge in [0.05, 0.1) is 11.3 Å². The van der Waals surface area contributed by atoms with Gasteiger partial charge in [0.25, 0.3) is 0 Å². The molecule has 0 unspecified atom stereocenters. The van der Waals surface area contributed by atoms with E-state index in [-0.39, 0.29) is 0 Å². The Morgan fingerprint density at radius 1 is 1.20 bits per heavy atom. The van der Waals surface area contributed by atoms with Gasteiger partial charge in [-0.2, -0.15) is 13.2 Å². The van der Waals surface area contributed by atoms with Crippen LogP contribution < -0.4 is 0 Å². The molecule has 2 fully saturated rings. The molecule has 2 atom stereocenters. The zero-order valence-corrected chi connectivity index (χ0v) is 14.1. The smallest absolute Gasteiger partial charge is 0.416 e. The molecule has 2 bridgehead atoms. The van der Waals surface area contributed by atoms with Gasteiger partial charge in [-0.1, -0.05) is 6.42 Å². The number of hydrogen-bond donors (Lipinski definition) is 0. The molecule has 0 N–H and O–H groups in total. The molecule has 1 saturated heterocycles. The molecule has 0 radical (unpaired) electrons. The fraction of sp³-hybridized carbons (Fsp3) is 0.526. The average Bonchev–Trinajstić information content (AvgIpc) is 3.07. The number of nitrogens with zero attached hydrogens (tertiary/aromatic N) is 2. The third kappa shape index (κ3) is 3.32. The summed E-state index contributed by atoms with van der Waals surface area (Å²) < 4.78 is 43.8. The lowest BCUT2D eigenvalue weighted by Gasteiger charge is -2.23. The molecule has 2 heterocycles. The molecule has 1 aliphatic heterocycles. The van der Waals surface area contributed by atoms with Crippen molar-refractivity contribution in [2.75, 3.05) is 6.54 Å². The lowest BCUT2D eigenvalue weighted by Crippen LogP contribution is -2.28. The number of hydrogen-bond acceptors (Lipinski definition) is 3. The highest BCUT2D eigenvalue weighted by Crippen LogP contribution is 2.37. The summed E-state index contributed by atoms with van der Waals surface area (Å²) in [5, 5.41) is 0. The maximum absolute atomic E-state index is 12.7. The summed E-state index contributed by atoms with van der Waals surface area (Å²) >= 11 is 0. The van der Waals surface area contributed by atoms with Crippen LogP contribution in [0.15, 0.2) is 28.7 Å². The number of fused-ring (bicyclic) bond motifs is 2. The van der Waals surface area contributed by atoms with Crippen molar-refractivity contribution >= 4 is 0 Å². The normalized spacial score (nSPS) is 24.0. The fourth-order valence-corrected chi connectivity index (χ4v) is 4.13. The highest BCUT2D eigenvalue weighted by Gasteiger charge is 2.35. The predicted octanol–water partition coefficient (Wildman–Crippen LogP) is 5.04. The van der Waals surface area contributed by atoms with Crippen molar-refractivity contribution in [3.63, 3.8) is 0 Å². The van der Waals surface area contributed by atoms with Gasteiger partial charge in [0, 0.05) is 24.7 Å². The van der Waals surface area contributed by atoms with Crippen LogP contribution in [0.1, 0.15) is 42.7 Å². The lowest BCUT2D eigenvalue weighted by molar-refractivity contribution is -0.137. The average molecular weight is 350 g/mol. The molecule has 6 heteroatoms. The maximum Gasteiger partial charge on any atom is 0.416 e. The minimum absolute atomic E-state index is 0.392. The molecule has 4 rings (SSSR count). The summed E-state index contributed by atoms with van der Waals surface area (Å²) in [5.74, 6) is 1.94. The largest absolute Gasteiger partial charge is 0.441 e. The van der Waals surface area contributed by atoms with Crippen LogP contribution in [0.2, 0.25) is 0 Å². The van der Waals surface area contributed by atoms with Crippen LogP contribution in [-0.4, -0.2) is 22.5 Å². The van der Waals surface area contributed by atoms with Crippen LogP contribution in [0, 0.1) is 12.8 Å². The van der Waals surface area contributed by atoms with Crippen molar-refractivity contribution in [1.82, 2.24) is 9.88 Å². The number of halogens is 3. The monoisotopic (exact) mass is 350 g/mol. The van der Waals surface area contributed by atoms with Crippen molar-refractivity contribution in [3.8, 4) is 11.5 Å². The number of oxazole rings is 1. The van der Waals surface area contributed by atoms with E-state index in [1.54, 1.807) is 0 Å². The van der Waals surface area contributed by atoms with Gasteiger partial charge in [0.15, 0.2) is 0 Å². The van der Waals surface area contributed by atoms with Crippen molar-refractivity contribution < 1.29 is 17.6 Å². The van der Waals surface area contributed by atoms with Gasteiger partial charge in [-0.15, -0.1) is 0 Å². The predicted molar refractivity (Wildman–Crippen MR) is 87.8 cm³/mol. The standard InChI is InChI=1S/C19H21F3N2O/c1-12-17(11-24-10-13-3-2-4-16(24)9-13)23-18(25-12)14-5-7-15(8-6-14)19(20,21)22/h5-8,13,16H,2-4,9-11H2,1H3/t13-,16+/m1/s1. The van der Waals surface area contributed by atoms with E-state index < -0.39 is 11.7 Å². The fourth-order valence-electron chi connectivity index (χ4n) is 4.13. The number of aryl methyl sites for hydroxylation is 1. The molecular weight excluding hydrogens is 329 g/mol. The van der Waals surface area contributed by atoms with Crippen molar-refractivity contribution in [1.29, 1.82) is 0 Å². The SMILES string of the molecule is Cc1oc(-c2ccc(C(F)(F)F)cc2)nc1CN1C[C@@H]2CCC[C@H]1C2. The maximum atomic E-state index is 12.7. The van der Waals surface area contributed by atoms with E-state index in [1.807, 2.05) is 6.92 Å². The quantitative estimate of drug-likeness (QED) is 0.776. The second-order valence-electron chi connectivity index (χ2n) is 7.21. The lowest BCUT2D eigenvalue weighted by atomic mass is 9.90. The Bertz CT molecular complexity index is 751. The molecule has 1 aliphatic carbocycles. The van der Waals surface area contributed by atoms with Gasteiger partial charge in [0.2, 0.25) is 5.89 Å². The molecule has 1 saturated carbocycles. The molecule has 25 heavy (non-hydrogen) atoms. The number of likely N-dealkylation sites (tertiary alicyclic amines) is 1. The molecule has 0 amide bonds. The summed E-state index contributed by atoms with van der Waals surface area (Å²) in [5.41, 5.74) is 0.800. The Labute approximate surface area is 144 Å². The summed E-state index contributed by atoms with van der Waals surface area (Å²) in [6.45, 7) is 3.75. The van der Waals surface area contributed by atoms with Crippen molar-refractivity contribution in [2.24, 2.45) is 5.92 Å². The Morgan fingerprint density at radius 3 is 2.64 bits per heavy atom. The van der Waals surface area contributed by atoms with Gasteiger partial charge < -0.3 is 4.42 Å². The summed E-state index contributed by atoms with van der Waals surface area (Å²) in [7, 11) is 0. The summed E-state index contributed by atoms with van der Waals surface area (Å²) in [6.07, 6.45) is 0.827. The van der Waals surface area contributed by atoms with Gasteiger partial charge in [-0.3, -0.25) is 4.90 Å². The topological polar surface area (TPSA) is 29.3 Å². The molecule has 1 aromatic heterocycles. The zero-order chi connectivity index (χ0) is 17.6. The number of rotatable bonds is 3. The van der Waals surface area contributed by atoms with Crippen LogP contribution in [0.4, 0.5) is 13.2 Å². The van der Waals surface area contributed by atoms with Crippen molar-refractivity contribution in [2.45, 2.75) is 51.4 Å². The van der Waals surface area contributed by atoms with E-state index in [0.29, 0.717) is 17.5 Å². The first-order valence-electron chi connectivity index (χ1n) is 8.78. The van der Waals surface area contributed by atoms with Crippen LogP contribution in [0.3, 0.4) is 0 Å². The molecule has 0 spiro atoms. The summed E-state index contributed by atoms with van der Waals surface area (Å²) in [6, 6.07) is 5.61. The molecule has 2 aromatic rings. The first-order valence-corrected chi connectivity index (χ1v) is 8.78. The third-order valence-corrected chi connectivity index (χ3v) is 5.47. The highest BCUT2D eigenvalue weighted by molar-refractivity contribution is 5.54. The van der Waals surface area contributed by atoms with E-state index in [9.17, 15) is 13.2 Å². The number of aromatic nitrogens is 1. The minimum atomic E-state index is -4.33. The second-order valence-corrected chi connectivity index (χ2v) is 7.21. The highest BCUT2D eigenvalue weighted by atomic mass is 19.4. The van der Waals surface area contributed by atoms with Crippen LogP contribution in [0.5, 0.6) is 0 Å². The first-order chi connectivity index (χ1) is 11.9. The molecule has 1 aromatic carbocycles. The first kappa shape index (κ1) is 16.6. The molecular formula is C19H21F3N2O. The van der Waals surface area contributed by atoms with E-state index in [2.05, 4.69) is 9.88 Å². The Hall–Kier alpha value is -1.82. The Kier molecular flexibility index (Phi) is 4.10. The number of alkyl halides is 3. The minimum Gasteiger partial charge on any atom is -0.441 e. The zero-order valence-electron chi connectivity index (χ0n) is 14.1. The number of benzene rings is 1. The Morgan fingerprint density at radius 2 is 1.96 bits per heavy atom. The molecule has 3 nitrogen and oxygen atoms in total. The van der Waals surface area contributed by atoms with Crippen LogP contribution in [-0.2, 0) is 12.7 Å². The van der Waals surface area contributed by atoms with E-state index >= 15 is 0 Å². The third-order valence-electron chi connectivity index (χ3n) is 5.47. The van der Waals surface area contributed by atoms with Crippen LogP contribution >= 0.6 is 0 Å². The van der Waals surface area contributed by atoms with Gasteiger partial charge in [-0.05, 0) is 56.4 Å². The van der Waals surface area contributed by atoms with E-state index in [1.165, 1.54) is 37.8 Å². The Balaban J connectivity index is 1.52. The molecule has 2 aliphatic rings. The molecule has 134 valence electrons. The van der Waals surface area contributed by atoms with Gasteiger partial charge in [0.1, 0.15) is 5.76 Å². The summed E-state index contributed by atoms with van der Waals surface area (Å²) in [4.78, 5) is 7.05. The second kappa shape index (κ2) is 6.16.